The third kappa shape index (κ3) is 5.29. The monoisotopic (exact) mass is 442 g/mol. The number of nitrogens with one attached hydrogen (secondary N) is 1. The molecule has 1 amide bonds. The van der Waals surface area contributed by atoms with E-state index in [1.54, 1.807) is 21.3 Å². The number of carbonyl (C=O) groups is 1. The van der Waals surface area contributed by atoms with Crippen molar-refractivity contribution in [3.8, 4) is 28.6 Å². The number of hydrogen-bond acceptors (Lipinski definition) is 7. The van der Waals surface area contributed by atoms with Crippen LogP contribution in [0.2, 0.25) is 0 Å². The molecule has 0 spiro atoms. The summed E-state index contributed by atoms with van der Waals surface area (Å²) in [5.41, 5.74) is 1.77. The van der Waals surface area contributed by atoms with Crippen LogP contribution in [-0.2, 0) is 11.8 Å². The average Bonchev–Trinajstić information content (AvgIpc) is 3.17. The molecule has 0 saturated carbocycles. The zero-order valence-electron chi connectivity index (χ0n) is 18.2. The first kappa shape index (κ1) is 22.5. The van der Waals surface area contributed by atoms with Crippen LogP contribution in [0.1, 0.15) is 18.5 Å². The molecule has 0 aliphatic heterocycles. The van der Waals surface area contributed by atoms with Gasteiger partial charge in [-0.05, 0) is 49.4 Å². The van der Waals surface area contributed by atoms with Crippen molar-refractivity contribution in [3.63, 3.8) is 0 Å². The smallest absolute Gasteiger partial charge is 0.230 e. The van der Waals surface area contributed by atoms with E-state index >= 15 is 0 Å². The van der Waals surface area contributed by atoms with Gasteiger partial charge >= 0.3 is 0 Å². The van der Waals surface area contributed by atoms with Crippen molar-refractivity contribution in [1.29, 1.82) is 0 Å². The summed E-state index contributed by atoms with van der Waals surface area (Å²) >= 11 is 1.33. The Labute approximate surface area is 185 Å². The van der Waals surface area contributed by atoms with Gasteiger partial charge in [0.15, 0.2) is 11.0 Å². The molecule has 3 rings (SSSR count). The zero-order valence-corrected chi connectivity index (χ0v) is 19.0. The SMILES string of the molecule is COc1ccc(-c2nnc(SCC(=O)NC(C)c3cc(OC)ccc3OC)n2C)cc1. The van der Waals surface area contributed by atoms with E-state index in [-0.39, 0.29) is 17.7 Å². The number of rotatable bonds is 9. The Morgan fingerprint density at radius 1 is 1.03 bits per heavy atom. The molecular weight excluding hydrogens is 416 g/mol. The van der Waals surface area contributed by atoms with E-state index in [2.05, 4.69) is 15.5 Å². The molecule has 0 aliphatic carbocycles. The van der Waals surface area contributed by atoms with Gasteiger partial charge in [-0.2, -0.15) is 0 Å². The van der Waals surface area contributed by atoms with Crippen molar-refractivity contribution in [3.05, 3.63) is 48.0 Å². The molecule has 31 heavy (non-hydrogen) atoms. The molecule has 164 valence electrons. The minimum absolute atomic E-state index is 0.114. The molecular formula is C22H26N4O4S. The fraction of sp³-hybridized carbons (Fsp3) is 0.318. The predicted molar refractivity (Wildman–Crippen MR) is 120 cm³/mol. The molecule has 1 heterocycles. The first-order valence-electron chi connectivity index (χ1n) is 9.64. The molecule has 0 aliphatic rings. The number of thioether (sulfide) groups is 1. The number of ether oxygens (including phenoxy) is 3. The minimum Gasteiger partial charge on any atom is -0.497 e. The minimum atomic E-state index is -0.243. The van der Waals surface area contributed by atoms with Crippen LogP contribution in [-0.4, -0.2) is 47.8 Å². The van der Waals surface area contributed by atoms with Crippen LogP contribution < -0.4 is 19.5 Å². The van der Waals surface area contributed by atoms with Gasteiger partial charge in [-0.3, -0.25) is 4.79 Å². The maximum atomic E-state index is 12.5. The van der Waals surface area contributed by atoms with E-state index < -0.39 is 0 Å². The van der Waals surface area contributed by atoms with Gasteiger partial charge < -0.3 is 24.1 Å². The lowest BCUT2D eigenvalue weighted by molar-refractivity contribution is -0.119. The van der Waals surface area contributed by atoms with E-state index in [1.165, 1.54) is 11.8 Å². The molecule has 0 saturated heterocycles. The highest BCUT2D eigenvalue weighted by Gasteiger charge is 2.17. The largest absolute Gasteiger partial charge is 0.497 e. The maximum absolute atomic E-state index is 12.5. The molecule has 0 fully saturated rings. The maximum Gasteiger partial charge on any atom is 0.230 e. The van der Waals surface area contributed by atoms with Crippen LogP contribution in [0.3, 0.4) is 0 Å². The van der Waals surface area contributed by atoms with Gasteiger partial charge in [0, 0.05) is 18.2 Å². The number of amides is 1. The van der Waals surface area contributed by atoms with Crippen molar-refractivity contribution in [2.24, 2.45) is 7.05 Å². The second-order valence-corrected chi connectivity index (χ2v) is 7.72. The van der Waals surface area contributed by atoms with Gasteiger partial charge in [-0.15, -0.1) is 10.2 Å². The van der Waals surface area contributed by atoms with Crippen molar-refractivity contribution in [1.82, 2.24) is 20.1 Å². The lowest BCUT2D eigenvalue weighted by Crippen LogP contribution is -2.28. The van der Waals surface area contributed by atoms with E-state index in [0.29, 0.717) is 16.7 Å². The molecule has 1 unspecified atom stereocenters. The summed E-state index contributed by atoms with van der Waals surface area (Å²) in [6.45, 7) is 1.91. The van der Waals surface area contributed by atoms with Crippen LogP contribution >= 0.6 is 11.8 Å². The van der Waals surface area contributed by atoms with Crippen molar-refractivity contribution in [2.75, 3.05) is 27.1 Å². The second-order valence-electron chi connectivity index (χ2n) is 6.78. The molecule has 0 radical (unpaired) electrons. The first-order valence-corrected chi connectivity index (χ1v) is 10.6. The lowest BCUT2D eigenvalue weighted by Gasteiger charge is -2.18. The van der Waals surface area contributed by atoms with E-state index in [9.17, 15) is 4.79 Å². The Balaban J connectivity index is 1.63. The van der Waals surface area contributed by atoms with Crippen molar-refractivity contribution in [2.45, 2.75) is 18.1 Å². The van der Waals surface area contributed by atoms with Crippen LogP contribution in [0.5, 0.6) is 17.2 Å². The number of carbonyl (C=O) groups excluding carboxylic acids is 1. The summed E-state index contributed by atoms with van der Waals surface area (Å²) in [6.07, 6.45) is 0. The Morgan fingerprint density at radius 3 is 2.35 bits per heavy atom. The highest BCUT2D eigenvalue weighted by molar-refractivity contribution is 7.99. The number of nitrogens with zero attached hydrogens (tertiary/aromatic N) is 3. The Morgan fingerprint density at radius 2 is 1.71 bits per heavy atom. The summed E-state index contributed by atoms with van der Waals surface area (Å²) in [5, 5.41) is 12.1. The van der Waals surface area contributed by atoms with Gasteiger partial charge in [0.2, 0.25) is 5.91 Å². The standard InChI is InChI=1S/C22H26N4O4S/c1-14(18-12-17(29-4)10-11-19(18)30-5)23-20(27)13-31-22-25-24-21(26(22)2)15-6-8-16(28-3)9-7-15/h6-12,14H,13H2,1-5H3,(H,23,27). The molecule has 0 bridgehead atoms. The third-order valence-corrected chi connectivity index (χ3v) is 5.82. The van der Waals surface area contributed by atoms with E-state index in [4.69, 9.17) is 14.2 Å². The van der Waals surface area contributed by atoms with Crippen LogP contribution in [0.4, 0.5) is 0 Å². The number of hydrogen-bond donors (Lipinski definition) is 1. The number of benzene rings is 2. The molecule has 1 atom stereocenters. The van der Waals surface area contributed by atoms with Gasteiger partial charge in [0.25, 0.3) is 0 Å². The fourth-order valence-electron chi connectivity index (χ4n) is 3.10. The summed E-state index contributed by atoms with van der Waals surface area (Å²) in [7, 11) is 6.71. The lowest BCUT2D eigenvalue weighted by atomic mass is 10.1. The molecule has 8 nitrogen and oxygen atoms in total. The molecule has 2 aromatic carbocycles. The normalized spacial score (nSPS) is 11.6. The number of aromatic nitrogens is 3. The van der Waals surface area contributed by atoms with Crippen LogP contribution in [0.25, 0.3) is 11.4 Å². The van der Waals surface area contributed by atoms with Crippen molar-refractivity contribution < 1.29 is 19.0 Å². The first-order chi connectivity index (χ1) is 15.0. The molecule has 3 aromatic rings. The molecule has 1 N–H and O–H groups in total. The topological polar surface area (TPSA) is 87.5 Å². The van der Waals surface area contributed by atoms with Crippen molar-refractivity contribution >= 4 is 17.7 Å². The quantitative estimate of drug-likeness (QED) is 0.508. The van der Waals surface area contributed by atoms with Gasteiger partial charge in [-0.1, -0.05) is 11.8 Å². The number of methoxy groups -OCH3 is 3. The highest BCUT2D eigenvalue weighted by Crippen LogP contribution is 2.29. The highest BCUT2D eigenvalue weighted by atomic mass is 32.2. The Kier molecular flexibility index (Phi) is 7.41. The van der Waals surface area contributed by atoms with Crippen LogP contribution in [0, 0.1) is 0 Å². The average molecular weight is 443 g/mol. The van der Waals surface area contributed by atoms with Gasteiger partial charge in [-0.25, -0.2) is 0 Å². The predicted octanol–water partition coefficient (Wildman–Crippen LogP) is 3.48. The summed E-state index contributed by atoms with van der Waals surface area (Å²) in [6, 6.07) is 12.9. The van der Waals surface area contributed by atoms with Gasteiger partial charge in [0.05, 0.1) is 33.1 Å². The zero-order chi connectivity index (χ0) is 22.4. The Bertz CT molecular complexity index is 1040. The second kappa shape index (κ2) is 10.2. The van der Waals surface area contributed by atoms with Crippen LogP contribution in [0.15, 0.2) is 47.6 Å². The third-order valence-electron chi connectivity index (χ3n) is 4.80. The molecule has 9 heteroatoms. The molecule has 1 aromatic heterocycles. The van der Waals surface area contributed by atoms with E-state index in [0.717, 1.165) is 22.7 Å². The van der Waals surface area contributed by atoms with Gasteiger partial charge in [0.1, 0.15) is 17.2 Å². The summed E-state index contributed by atoms with van der Waals surface area (Å²) < 4.78 is 17.8. The Hall–Kier alpha value is -3.20. The fourth-order valence-corrected chi connectivity index (χ4v) is 3.82. The summed E-state index contributed by atoms with van der Waals surface area (Å²) in [4.78, 5) is 12.5. The summed E-state index contributed by atoms with van der Waals surface area (Å²) in [5.74, 6) is 3.00. The van der Waals surface area contributed by atoms with E-state index in [1.807, 2.05) is 61.0 Å².